The zero-order chi connectivity index (χ0) is 14.7. The van der Waals surface area contributed by atoms with Gasteiger partial charge in [0.1, 0.15) is 17.4 Å². The van der Waals surface area contributed by atoms with E-state index < -0.39 is 17.5 Å². The van der Waals surface area contributed by atoms with E-state index in [0.29, 0.717) is 14.8 Å². The molecule has 0 aliphatic heterocycles. The van der Waals surface area contributed by atoms with Crippen molar-refractivity contribution in [2.45, 2.75) is 0 Å². The van der Waals surface area contributed by atoms with Crippen molar-refractivity contribution in [2.24, 2.45) is 0 Å². The van der Waals surface area contributed by atoms with Gasteiger partial charge in [0.05, 0.1) is 18.4 Å². The summed E-state index contributed by atoms with van der Waals surface area (Å²) in [5.74, 6) is -1.07. The van der Waals surface area contributed by atoms with Gasteiger partial charge in [0.25, 0.3) is 5.91 Å². The standard InChI is InChI=1S/C14H10F2INO2/c1-20-13-7-9(16)3-5-12(13)18-14(19)10-4-2-8(15)6-11(10)17/h2-7H,1H3,(H,18,19). The van der Waals surface area contributed by atoms with Crippen molar-refractivity contribution in [2.75, 3.05) is 12.4 Å². The Bertz CT molecular complexity index is 662. The molecule has 2 rings (SSSR count). The van der Waals surface area contributed by atoms with E-state index in [4.69, 9.17) is 4.74 Å². The average molecular weight is 389 g/mol. The van der Waals surface area contributed by atoms with E-state index in [1.165, 1.54) is 43.5 Å². The van der Waals surface area contributed by atoms with Crippen molar-refractivity contribution >= 4 is 34.2 Å². The first kappa shape index (κ1) is 14.7. The number of hydrogen-bond donors (Lipinski definition) is 1. The Morgan fingerprint density at radius 2 is 1.80 bits per heavy atom. The van der Waals surface area contributed by atoms with Crippen LogP contribution in [0.25, 0.3) is 0 Å². The number of nitrogens with one attached hydrogen (secondary N) is 1. The number of amides is 1. The fraction of sp³-hybridized carbons (Fsp3) is 0.0714. The molecule has 0 fully saturated rings. The smallest absolute Gasteiger partial charge is 0.256 e. The predicted molar refractivity (Wildman–Crippen MR) is 80.0 cm³/mol. The number of ether oxygens (including phenoxy) is 1. The summed E-state index contributed by atoms with van der Waals surface area (Å²) in [4.78, 5) is 12.1. The lowest BCUT2D eigenvalue weighted by atomic mass is 10.2. The molecule has 0 unspecified atom stereocenters. The SMILES string of the molecule is COc1cc(F)ccc1NC(=O)c1ccc(F)cc1I. The van der Waals surface area contributed by atoms with Crippen molar-refractivity contribution in [3.8, 4) is 5.75 Å². The maximum Gasteiger partial charge on any atom is 0.256 e. The molecule has 0 aliphatic carbocycles. The maximum atomic E-state index is 13.1. The van der Waals surface area contributed by atoms with Crippen LogP contribution in [0.15, 0.2) is 36.4 Å². The molecule has 2 aromatic carbocycles. The molecule has 1 amide bonds. The van der Waals surface area contributed by atoms with Gasteiger partial charge in [0.2, 0.25) is 0 Å². The average Bonchev–Trinajstić information content (AvgIpc) is 2.40. The normalized spacial score (nSPS) is 10.2. The van der Waals surface area contributed by atoms with E-state index >= 15 is 0 Å². The lowest BCUT2D eigenvalue weighted by molar-refractivity contribution is 0.102. The number of anilines is 1. The third kappa shape index (κ3) is 3.24. The van der Waals surface area contributed by atoms with Gasteiger partial charge < -0.3 is 10.1 Å². The van der Waals surface area contributed by atoms with E-state index in [-0.39, 0.29) is 5.75 Å². The van der Waals surface area contributed by atoms with E-state index in [2.05, 4.69) is 5.32 Å². The largest absolute Gasteiger partial charge is 0.494 e. The summed E-state index contributed by atoms with van der Waals surface area (Å²) in [6.45, 7) is 0. The Labute approximate surface area is 128 Å². The maximum absolute atomic E-state index is 13.1. The lowest BCUT2D eigenvalue weighted by Gasteiger charge is -2.11. The molecule has 6 heteroatoms. The van der Waals surface area contributed by atoms with E-state index in [1.54, 1.807) is 0 Å². The minimum atomic E-state index is -0.462. The highest BCUT2D eigenvalue weighted by molar-refractivity contribution is 14.1. The number of carbonyl (C=O) groups is 1. The number of methoxy groups -OCH3 is 1. The molecular weight excluding hydrogens is 379 g/mol. The fourth-order valence-electron chi connectivity index (χ4n) is 1.63. The van der Waals surface area contributed by atoms with Crippen molar-refractivity contribution in [1.82, 2.24) is 0 Å². The number of halogens is 3. The summed E-state index contributed by atoms with van der Waals surface area (Å²) in [7, 11) is 1.38. The van der Waals surface area contributed by atoms with Crippen LogP contribution in [0.3, 0.4) is 0 Å². The minimum absolute atomic E-state index is 0.218. The Hall–Kier alpha value is -1.70. The highest BCUT2D eigenvalue weighted by atomic mass is 127. The third-order valence-corrected chi connectivity index (χ3v) is 3.48. The number of hydrogen-bond acceptors (Lipinski definition) is 2. The molecular formula is C14H10F2INO2. The summed E-state index contributed by atoms with van der Waals surface area (Å²) >= 11 is 1.88. The molecule has 0 bridgehead atoms. The quantitative estimate of drug-likeness (QED) is 0.811. The van der Waals surface area contributed by atoms with Crippen molar-refractivity contribution in [1.29, 1.82) is 0 Å². The Morgan fingerprint density at radius 1 is 1.15 bits per heavy atom. The third-order valence-electron chi connectivity index (χ3n) is 2.59. The molecule has 0 aliphatic rings. The van der Waals surface area contributed by atoms with Crippen LogP contribution in [0.5, 0.6) is 5.75 Å². The molecule has 3 nitrogen and oxygen atoms in total. The van der Waals surface area contributed by atoms with Crippen molar-refractivity contribution in [3.05, 3.63) is 57.2 Å². The van der Waals surface area contributed by atoms with Gasteiger partial charge in [-0.3, -0.25) is 4.79 Å². The van der Waals surface area contributed by atoms with Crippen molar-refractivity contribution < 1.29 is 18.3 Å². The zero-order valence-corrected chi connectivity index (χ0v) is 12.6. The molecule has 104 valence electrons. The lowest BCUT2D eigenvalue weighted by Crippen LogP contribution is -2.14. The van der Waals surface area contributed by atoms with Gasteiger partial charge in [0, 0.05) is 9.64 Å². The summed E-state index contributed by atoms with van der Waals surface area (Å²) in [6.07, 6.45) is 0. The topological polar surface area (TPSA) is 38.3 Å². The van der Waals surface area contributed by atoms with Crippen LogP contribution in [-0.2, 0) is 0 Å². The summed E-state index contributed by atoms with van der Waals surface area (Å²) < 4.78 is 31.6. The molecule has 0 saturated carbocycles. The molecule has 1 N–H and O–H groups in total. The first-order chi connectivity index (χ1) is 9.51. The Kier molecular flexibility index (Phi) is 4.53. The van der Waals surface area contributed by atoms with E-state index in [1.807, 2.05) is 22.6 Å². The van der Waals surface area contributed by atoms with Crippen molar-refractivity contribution in [3.63, 3.8) is 0 Å². The summed E-state index contributed by atoms with van der Waals surface area (Å²) in [5.41, 5.74) is 0.678. The summed E-state index contributed by atoms with van der Waals surface area (Å²) in [5, 5.41) is 2.61. The highest BCUT2D eigenvalue weighted by Crippen LogP contribution is 2.26. The molecule has 0 radical (unpaired) electrons. The molecule has 2 aromatic rings. The molecule has 20 heavy (non-hydrogen) atoms. The molecule has 0 spiro atoms. The molecule has 0 aromatic heterocycles. The van der Waals surface area contributed by atoms with Crippen LogP contribution in [0.4, 0.5) is 14.5 Å². The van der Waals surface area contributed by atoms with Crippen LogP contribution in [0.2, 0.25) is 0 Å². The van der Waals surface area contributed by atoms with Gasteiger partial charge >= 0.3 is 0 Å². The number of benzene rings is 2. The van der Waals surface area contributed by atoms with Crippen LogP contribution < -0.4 is 10.1 Å². The molecule has 0 atom stereocenters. The van der Waals surface area contributed by atoms with Crippen LogP contribution in [0, 0.1) is 15.2 Å². The first-order valence-corrected chi connectivity index (χ1v) is 6.69. The molecule has 0 heterocycles. The minimum Gasteiger partial charge on any atom is -0.494 e. The second-order valence-corrected chi connectivity index (χ2v) is 5.09. The van der Waals surface area contributed by atoms with Gasteiger partial charge in [-0.05, 0) is 52.9 Å². The highest BCUT2D eigenvalue weighted by Gasteiger charge is 2.13. The predicted octanol–water partition coefficient (Wildman–Crippen LogP) is 3.83. The van der Waals surface area contributed by atoms with Crippen LogP contribution in [0.1, 0.15) is 10.4 Å². The second-order valence-electron chi connectivity index (χ2n) is 3.92. The van der Waals surface area contributed by atoms with Crippen LogP contribution >= 0.6 is 22.6 Å². The van der Waals surface area contributed by atoms with Crippen LogP contribution in [-0.4, -0.2) is 13.0 Å². The second kappa shape index (κ2) is 6.17. The fourth-order valence-corrected chi connectivity index (χ4v) is 2.35. The first-order valence-electron chi connectivity index (χ1n) is 5.61. The van der Waals surface area contributed by atoms with Gasteiger partial charge in [-0.15, -0.1) is 0 Å². The van der Waals surface area contributed by atoms with E-state index in [0.717, 1.165) is 0 Å². The van der Waals surface area contributed by atoms with Gasteiger partial charge in [-0.25, -0.2) is 8.78 Å². The number of carbonyl (C=O) groups excluding carboxylic acids is 1. The monoisotopic (exact) mass is 389 g/mol. The number of rotatable bonds is 3. The Morgan fingerprint density at radius 3 is 2.45 bits per heavy atom. The van der Waals surface area contributed by atoms with Gasteiger partial charge in [0.15, 0.2) is 0 Å². The summed E-state index contributed by atoms with van der Waals surface area (Å²) in [6, 6.07) is 7.65. The van der Waals surface area contributed by atoms with E-state index in [9.17, 15) is 13.6 Å². The van der Waals surface area contributed by atoms with Gasteiger partial charge in [-0.1, -0.05) is 0 Å². The van der Waals surface area contributed by atoms with Gasteiger partial charge in [-0.2, -0.15) is 0 Å². The molecule has 0 saturated heterocycles. The Balaban J connectivity index is 2.28. The zero-order valence-electron chi connectivity index (χ0n) is 10.4.